The minimum absolute atomic E-state index is 0.173. The standard InChI is InChI=1S/C31H33ClN6O3/c1-19-15-22(38-11-9-37(10-12-38)13-14-39)17-25-28(19)36-30(34-25)27-29(23-7-2-3-8-24(23)35-31(27)41)33-18-26(40)20-5-4-6-21(32)16-20/h2-8,15-17,26,39-40H,9-14,18H2,1H3,(H,34,36)(H2,33,35,41)/t26-/m1/s1. The Morgan fingerprint density at radius 3 is 2.61 bits per heavy atom. The number of hydrogen-bond donors (Lipinski definition) is 5. The minimum atomic E-state index is -0.835. The van der Waals surface area contributed by atoms with Gasteiger partial charge >= 0.3 is 0 Å². The quantitative estimate of drug-likeness (QED) is 0.188. The van der Waals surface area contributed by atoms with Crippen molar-refractivity contribution in [3.05, 3.63) is 87.2 Å². The molecule has 0 radical (unpaired) electrons. The number of aryl methyl sites for hydroxylation is 1. The van der Waals surface area contributed by atoms with E-state index in [0.717, 1.165) is 53.8 Å². The third-order valence-electron chi connectivity index (χ3n) is 7.78. The summed E-state index contributed by atoms with van der Waals surface area (Å²) in [5, 5.41) is 24.9. The van der Waals surface area contributed by atoms with Crippen LogP contribution in [0.25, 0.3) is 33.3 Å². The highest BCUT2D eigenvalue weighted by atomic mass is 35.5. The van der Waals surface area contributed by atoms with E-state index in [-0.39, 0.29) is 18.7 Å². The van der Waals surface area contributed by atoms with Gasteiger partial charge in [0.05, 0.1) is 34.9 Å². The van der Waals surface area contributed by atoms with E-state index < -0.39 is 6.10 Å². The normalized spacial score (nSPS) is 15.1. The molecule has 0 amide bonds. The van der Waals surface area contributed by atoms with Gasteiger partial charge in [0.2, 0.25) is 0 Å². The maximum atomic E-state index is 13.5. The van der Waals surface area contributed by atoms with E-state index in [1.807, 2.05) is 37.3 Å². The Bertz CT molecular complexity index is 1760. The fourth-order valence-electron chi connectivity index (χ4n) is 5.63. The molecular formula is C31H33ClN6O3. The number of nitrogens with zero attached hydrogens (tertiary/aromatic N) is 3. The van der Waals surface area contributed by atoms with E-state index in [0.29, 0.717) is 39.7 Å². The van der Waals surface area contributed by atoms with Crippen LogP contribution in [0.15, 0.2) is 65.5 Å². The summed E-state index contributed by atoms with van der Waals surface area (Å²) in [4.78, 5) is 29.4. The van der Waals surface area contributed by atoms with Gasteiger partial charge in [0.1, 0.15) is 11.4 Å². The molecule has 1 aliphatic rings. The molecule has 1 aliphatic heterocycles. The first-order chi connectivity index (χ1) is 19.9. The molecule has 41 heavy (non-hydrogen) atoms. The van der Waals surface area contributed by atoms with Gasteiger partial charge in [0.15, 0.2) is 0 Å². The number of H-pyrrole nitrogens is 2. The van der Waals surface area contributed by atoms with Crippen LogP contribution in [0.5, 0.6) is 0 Å². The lowest BCUT2D eigenvalue weighted by Gasteiger charge is -2.35. The number of rotatable bonds is 8. The van der Waals surface area contributed by atoms with Gasteiger partial charge in [0.25, 0.3) is 5.56 Å². The highest BCUT2D eigenvalue weighted by molar-refractivity contribution is 6.30. The minimum Gasteiger partial charge on any atom is -0.395 e. The third-order valence-corrected chi connectivity index (χ3v) is 8.01. The van der Waals surface area contributed by atoms with Gasteiger partial charge in [-0.1, -0.05) is 41.9 Å². The molecule has 3 aromatic carbocycles. The van der Waals surface area contributed by atoms with Crippen molar-refractivity contribution in [3.63, 3.8) is 0 Å². The van der Waals surface area contributed by atoms with E-state index in [9.17, 15) is 15.0 Å². The van der Waals surface area contributed by atoms with Gasteiger partial charge in [0, 0.05) is 55.4 Å². The summed E-state index contributed by atoms with van der Waals surface area (Å²) in [6.45, 7) is 6.62. The van der Waals surface area contributed by atoms with Crippen LogP contribution in [0.4, 0.5) is 11.4 Å². The summed E-state index contributed by atoms with van der Waals surface area (Å²) in [5.74, 6) is 0.458. The number of benzene rings is 3. The average molecular weight is 573 g/mol. The number of hydrogen-bond acceptors (Lipinski definition) is 7. The molecule has 0 saturated carbocycles. The highest BCUT2D eigenvalue weighted by Crippen LogP contribution is 2.33. The number of pyridine rings is 1. The molecule has 0 unspecified atom stereocenters. The lowest BCUT2D eigenvalue weighted by Crippen LogP contribution is -2.47. The molecule has 3 heterocycles. The highest BCUT2D eigenvalue weighted by Gasteiger charge is 2.22. The summed E-state index contributed by atoms with van der Waals surface area (Å²) in [5.41, 5.74) is 5.86. The van der Waals surface area contributed by atoms with Crippen molar-refractivity contribution in [2.24, 2.45) is 0 Å². The molecule has 6 rings (SSSR count). The number of β-amino-alcohol motifs (C(OH)–C–C–N with tert-alkyl or cyclic N) is 1. The van der Waals surface area contributed by atoms with E-state index in [1.165, 1.54) is 0 Å². The van der Waals surface area contributed by atoms with Crippen LogP contribution < -0.4 is 15.8 Å². The number of piperazine rings is 1. The van der Waals surface area contributed by atoms with Crippen molar-refractivity contribution < 1.29 is 10.2 Å². The fourth-order valence-corrected chi connectivity index (χ4v) is 5.83. The fraction of sp³-hybridized carbons (Fsp3) is 0.290. The number of aliphatic hydroxyl groups is 2. The molecule has 2 aromatic heterocycles. The number of halogens is 1. The summed E-state index contributed by atoms with van der Waals surface area (Å²) in [6, 6.07) is 18.9. The number of aromatic nitrogens is 3. The summed E-state index contributed by atoms with van der Waals surface area (Å²) < 4.78 is 0. The predicted molar refractivity (Wildman–Crippen MR) is 165 cm³/mol. The Hall–Kier alpha value is -3.89. The van der Waals surface area contributed by atoms with Gasteiger partial charge in [-0.05, 0) is 48.4 Å². The zero-order chi connectivity index (χ0) is 28.5. The SMILES string of the molecule is Cc1cc(N2CCN(CCO)CC2)cc2[nH]c(-c3c(NC[C@@H](O)c4cccc(Cl)c4)c4ccccc4[nH]c3=O)nc12. The van der Waals surface area contributed by atoms with Crippen molar-refractivity contribution in [2.45, 2.75) is 13.0 Å². The molecule has 5 N–H and O–H groups in total. The van der Waals surface area contributed by atoms with E-state index in [4.69, 9.17) is 16.6 Å². The molecule has 0 aliphatic carbocycles. The van der Waals surface area contributed by atoms with E-state index in [1.54, 1.807) is 18.2 Å². The molecule has 10 heteroatoms. The lowest BCUT2D eigenvalue weighted by molar-refractivity contribution is 0.189. The van der Waals surface area contributed by atoms with Crippen LogP contribution in [-0.4, -0.2) is 75.9 Å². The van der Waals surface area contributed by atoms with E-state index >= 15 is 0 Å². The summed E-state index contributed by atoms with van der Waals surface area (Å²) in [6.07, 6.45) is -0.835. The monoisotopic (exact) mass is 572 g/mol. The summed E-state index contributed by atoms with van der Waals surface area (Å²) >= 11 is 6.14. The van der Waals surface area contributed by atoms with Gasteiger partial charge < -0.3 is 30.4 Å². The van der Waals surface area contributed by atoms with Crippen molar-refractivity contribution in [2.75, 3.05) is 56.1 Å². The van der Waals surface area contributed by atoms with Crippen LogP contribution in [0.1, 0.15) is 17.2 Å². The topological polar surface area (TPSA) is 121 Å². The maximum absolute atomic E-state index is 13.5. The third kappa shape index (κ3) is 5.54. The molecule has 1 saturated heterocycles. The lowest BCUT2D eigenvalue weighted by atomic mass is 10.1. The molecule has 212 valence electrons. The van der Waals surface area contributed by atoms with Crippen LogP contribution in [0.2, 0.25) is 5.02 Å². The number of nitrogens with one attached hydrogen (secondary N) is 3. The first kappa shape index (κ1) is 27.3. The number of anilines is 2. The zero-order valence-corrected chi connectivity index (χ0v) is 23.6. The first-order valence-electron chi connectivity index (χ1n) is 13.8. The van der Waals surface area contributed by atoms with Gasteiger partial charge in [-0.15, -0.1) is 0 Å². The number of para-hydroxylation sites is 1. The largest absolute Gasteiger partial charge is 0.395 e. The Morgan fingerprint density at radius 2 is 1.83 bits per heavy atom. The Balaban J connectivity index is 1.37. The molecular weight excluding hydrogens is 540 g/mol. The molecule has 9 nitrogen and oxygen atoms in total. The van der Waals surface area contributed by atoms with E-state index in [2.05, 4.69) is 37.2 Å². The van der Waals surface area contributed by atoms with Gasteiger partial charge in [-0.2, -0.15) is 0 Å². The van der Waals surface area contributed by atoms with Crippen LogP contribution in [0.3, 0.4) is 0 Å². The van der Waals surface area contributed by atoms with Crippen LogP contribution in [0, 0.1) is 6.92 Å². The number of aliphatic hydroxyl groups excluding tert-OH is 2. The maximum Gasteiger partial charge on any atom is 0.261 e. The Kier molecular flexibility index (Phi) is 7.68. The van der Waals surface area contributed by atoms with Crippen molar-refractivity contribution in [1.82, 2.24) is 19.9 Å². The van der Waals surface area contributed by atoms with Gasteiger partial charge in [-0.3, -0.25) is 9.69 Å². The number of fused-ring (bicyclic) bond motifs is 2. The van der Waals surface area contributed by atoms with Gasteiger partial charge in [-0.25, -0.2) is 4.98 Å². The van der Waals surface area contributed by atoms with Crippen molar-refractivity contribution in [3.8, 4) is 11.4 Å². The second-order valence-electron chi connectivity index (χ2n) is 10.5. The Morgan fingerprint density at radius 1 is 1.02 bits per heavy atom. The van der Waals surface area contributed by atoms with Crippen molar-refractivity contribution in [1.29, 1.82) is 0 Å². The average Bonchev–Trinajstić information content (AvgIpc) is 3.40. The smallest absolute Gasteiger partial charge is 0.261 e. The summed E-state index contributed by atoms with van der Waals surface area (Å²) in [7, 11) is 0. The second-order valence-corrected chi connectivity index (χ2v) is 10.9. The molecule has 1 atom stereocenters. The number of imidazole rings is 1. The second kappa shape index (κ2) is 11.5. The number of aromatic amines is 2. The van der Waals surface area contributed by atoms with Crippen LogP contribution in [-0.2, 0) is 0 Å². The zero-order valence-electron chi connectivity index (χ0n) is 22.8. The first-order valence-corrected chi connectivity index (χ1v) is 14.2. The molecule has 5 aromatic rings. The van der Waals surface area contributed by atoms with Crippen molar-refractivity contribution >= 4 is 44.9 Å². The molecule has 0 spiro atoms. The predicted octanol–water partition coefficient (Wildman–Crippen LogP) is 4.29. The molecule has 1 fully saturated rings. The Labute approximate surface area is 242 Å². The van der Waals surface area contributed by atoms with Crippen LogP contribution >= 0.6 is 11.6 Å². The molecule has 0 bridgehead atoms.